The molecule has 0 radical (unpaired) electrons. The first-order valence-electron chi connectivity index (χ1n) is 10.4. The molecule has 4 nitrogen and oxygen atoms in total. The van der Waals surface area contributed by atoms with Crippen molar-refractivity contribution in [3.8, 4) is 0 Å². The molecule has 1 N–H and O–H groups in total. The van der Waals surface area contributed by atoms with Crippen LogP contribution in [0.5, 0.6) is 0 Å². The van der Waals surface area contributed by atoms with Gasteiger partial charge in [-0.25, -0.2) is 4.79 Å². The molecule has 0 atom stereocenters. The Kier molecular flexibility index (Phi) is 8.95. The summed E-state index contributed by atoms with van der Waals surface area (Å²) in [7, 11) is -1.92. The third kappa shape index (κ3) is 8.61. The van der Waals surface area contributed by atoms with Gasteiger partial charge >= 0.3 is 6.09 Å². The lowest BCUT2D eigenvalue weighted by molar-refractivity contribution is 0.0636. The minimum absolute atomic E-state index is 0.125. The maximum Gasteiger partial charge on any atom is 0.412 e. The summed E-state index contributed by atoms with van der Waals surface area (Å²) >= 11 is 0. The van der Waals surface area contributed by atoms with Crippen molar-refractivity contribution in [2.75, 3.05) is 11.9 Å². The summed E-state index contributed by atoms with van der Waals surface area (Å²) in [6.07, 6.45) is 3.59. The van der Waals surface area contributed by atoms with E-state index in [1.165, 1.54) is 0 Å². The summed E-state index contributed by atoms with van der Waals surface area (Å²) in [6, 6.07) is 7.73. The van der Waals surface area contributed by atoms with Crippen molar-refractivity contribution in [1.29, 1.82) is 0 Å². The third-order valence-electron chi connectivity index (χ3n) is 4.98. The maximum absolute atomic E-state index is 12.3. The number of carbonyl (C=O) groups is 1. The summed E-state index contributed by atoms with van der Waals surface area (Å²) in [5, 5.41) is 3.01. The molecule has 0 aromatic heterocycles. The van der Waals surface area contributed by atoms with Crippen LogP contribution in [0.1, 0.15) is 66.9 Å². The second kappa shape index (κ2) is 10.3. The van der Waals surface area contributed by atoms with Crippen molar-refractivity contribution in [3.63, 3.8) is 0 Å². The number of hydrogen-bond donors (Lipinski definition) is 1. The number of ether oxygens (including phenoxy) is 1. The lowest BCUT2D eigenvalue weighted by Crippen LogP contribution is -2.41. The number of rotatable bonds is 7. The smallest absolute Gasteiger partial charge is 0.412 e. The van der Waals surface area contributed by atoms with Gasteiger partial charge in [-0.3, -0.25) is 5.32 Å². The SMILES string of the molecule is CCCC=C=C(CO[Si](C)(C)C(C)(C)C)c1ccccc1NC(=O)OC(C)(C)C. The van der Waals surface area contributed by atoms with Gasteiger partial charge in [0.2, 0.25) is 0 Å². The fourth-order valence-electron chi connectivity index (χ4n) is 2.27. The van der Waals surface area contributed by atoms with Gasteiger partial charge in [0.1, 0.15) is 5.60 Å². The monoisotopic (exact) mass is 417 g/mol. The summed E-state index contributed by atoms with van der Waals surface area (Å²) in [6.45, 7) is 19.3. The van der Waals surface area contributed by atoms with E-state index in [1.54, 1.807) is 0 Å². The number of hydrogen-bond acceptors (Lipinski definition) is 3. The fourth-order valence-corrected chi connectivity index (χ4v) is 3.21. The number of carbonyl (C=O) groups excluding carboxylic acids is 1. The maximum atomic E-state index is 12.3. The van der Waals surface area contributed by atoms with Crippen molar-refractivity contribution >= 4 is 25.7 Å². The van der Waals surface area contributed by atoms with E-state index in [2.05, 4.69) is 57.9 Å². The Hall–Kier alpha value is -1.81. The Morgan fingerprint density at radius 1 is 1.14 bits per heavy atom. The normalized spacial score (nSPS) is 12.2. The van der Waals surface area contributed by atoms with Gasteiger partial charge in [-0.2, -0.15) is 0 Å². The summed E-state index contributed by atoms with van der Waals surface area (Å²) < 4.78 is 11.9. The van der Waals surface area contributed by atoms with Crippen LogP contribution in [0.25, 0.3) is 5.57 Å². The van der Waals surface area contributed by atoms with Gasteiger partial charge in [0.25, 0.3) is 0 Å². The molecule has 0 heterocycles. The summed E-state index contributed by atoms with van der Waals surface area (Å²) in [4.78, 5) is 12.3. The number of amides is 1. The van der Waals surface area contributed by atoms with Gasteiger partial charge in [0.05, 0.1) is 12.3 Å². The lowest BCUT2D eigenvalue weighted by Gasteiger charge is -2.36. The zero-order valence-electron chi connectivity index (χ0n) is 19.7. The lowest BCUT2D eigenvalue weighted by atomic mass is 10.0. The van der Waals surface area contributed by atoms with Gasteiger partial charge in [0.15, 0.2) is 8.32 Å². The van der Waals surface area contributed by atoms with Crippen LogP contribution in [0.3, 0.4) is 0 Å². The van der Waals surface area contributed by atoms with E-state index in [1.807, 2.05) is 45.0 Å². The topological polar surface area (TPSA) is 47.6 Å². The molecule has 0 bridgehead atoms. The number of para-hydroxylation sites is 1. The Labute approximate surface area is 178 Å². The largest absolute Gasteiger partial charge is 0.444 e. The van der Waals surface area contributed by atoms with Crippen LogP contribution in [-0.2, 0) is 9.16 Å². The van der Waals surface area contributed by atoms with Gasteiger partial charge < -0.3 is 9.16 Å². The molecule has 29 heavy (non-hydrogen) atoms. The Morgan fingerprint density at radius 3 is 2.31 bits per heavy atom. The van der Waals surface area contributed by atoms with Crippen molar-refractivity contribution < 1.29 is 14.0 Å². The molecule has 0 aliphatic rings. The molecular weight excluding hydrogens is 378 g/mol. The molecule has 0 aliphatic heterocycles. The minimum Gasteiger partial charge on any atom is -0.444 e. The summed E-state index contributed by atoms with van der Waals surface area (Å²) in [5.41, 5.74) is 5.42. The molecule has 162 valence electrons. The van der Waals surface area contributed by atoms with Crippen molar-refractivity contribution in [3.05, 3.63) is 41.6 Å². The van der Waals surface area contributed by atoms with E-state index in [4.69, 9.17) is 9.16 Å². The first-order valence-corrected chi connectivity index (χ1v) is 13.3. The average Bonchev–Trinajstić information content (AvgIpc) is 2.56. The van der Waals surface area contributed by atoms with Crippen LogP contribution >= 0.6 is 0 Å². The van der Waals surface area contributed by atoms with Crippen molar-refractivity contribution in [1.82, 2.24) is 0 Å². The molecule has 0 aliphatic carbocycles. The molecule has 1 rings (SSSR count). The molecule has 0 spiro atoms. The van der Waals surface area contributed by atoms with Crippen LogP contribution in [-0.4, -0.2) is 26.6 Å². The van der Waals surface area contributed by atoms with Gasteiger partial charge in [-0.05, 0) is 57.5 Å². The molecule has 0 saturated heterocycles. The Morgan fingerprint density at radius 2 is 1.76 bits per heavy atom. The molecule has 0 fully saturated rings. The molecule has 1 aromatic carbocycles. The van der Waals surface area contributed by atoms with E-state index in [0.717, 1.165) is 24.0 Å². The van der Waals surface area contributed by atoms with Crippen LogP contribution in [0.15, 0.2) is 36.1 Å². The summed E-state index contributed by atoms with van der Waals surface area (Å²) in [5.74, 6) is 0. The Bertz CT molecular complexity index is 748. The van der Waals surface area contributed by atoms with Gasteiger partial charge in [0, 0.05) is 11.1 Å². The first kappa shape index (κ1) is 25.2. The number of unbranched alkanes of at least 4 members (excludes halogenated alkanes) is 1. The zero-order valence-corrected chi connectivity index (χ0v) is 20.7. The quantitative estimate of drug-likeness (QED) is 0.371. The highest BCUT2D eigenvalue weighted by molar-refractivity contribution is 6.74. The van der Waals surface area contributed by atoms with E-state index in [9.17, 15) is 4.79 Å². The number of nitrogens with one attached hydrogen (secondary N) is 1. The highest BCUT2D eigenvalue weighted by Crippen LogP contribution is 2.37. The predicted octanol–water partition coefficient (Wildman–Crippen LogP) is 7.39. The first-order chi connectivity index (χ1) is 13.3. The second-order valence-electron chi connectivity index (χ2n) is 9.84. The minimum atomic E-state index is -1.92. The predicted molar refractivity (Wildman–Crippen MR) is 126 cm³/mol. The van der Waals surface area contributed by atoms with E-state index in [-0.39, 0.29) is 5.04 Å². The van der Waals surface area contributed by atoms with Crippen molar-refractivity contribution in [2.45, 2.75) is 85.0 Å². The van der Waals surface area contributed by atoms with E-state index in [0.29, 0.717) is 12.3 Å². The average molecular weight is 418 g/mol. The van der Waals surface area contributed by atoms with E-state index < -0.39 is 20.0 Å². The standard InChI is InChI=1S/C24H39NO3Si/c1-10-11-12-15-19(18-27-29(8,9)24(5,6)7)20-16-13-14-17-21(20)25-22(26)28-23(2,3)4/h12-14,16-17H,10-11,18H2,1-9H3,(H,25,26). The van der Waals surface area contributed by atoms with Crippen molar-refractivity contribution in [2.24, 2.45) is 0 Å². The van der Waals surface area contributed by atoms with Gasteiger partial charge in [-0.15, -0.1) is 5.73 Å². The van der Waals surface area contributed by atoms with Crippen LogP contribution in [0.2, 0.25) is 18.1 Å². The number of benzene rings is 1. The molecule has 0 saturated carbocycles. The Balaban J connectivity index is 3.21. The molecule has 0 unspecified atom stereocenters. The number of anilines is 1. The zero-order chi connectivity index (χ0) is 22.3. The third-order valence-corrected chi connectivity index (χ3v) is 9.46. The van der Waals surface area contributed by atoms with Gasteiger partial charge in [-0.1, -0.05) is 52.3 Å². The van der Waals surface area contributed by atoms with E-state index >= 15 is 0 Å². The molecule has 5 heteroatoms. The van der Waals surface area contributed by atoms with Crippen LogP contribution in [0, 0.1) is 0 Å². The molecular formula is C24H39NO3Si. The fraction of sp³-hybridized carbons (Fsp3) is 0.583. The highest BCUT2D eigenvalue weighted by Gasteiger charge is 2.37. The van der Waals surface area contributed by atoms with Crippen LogP contribution in [0.4, 0.5) is 10.5 Å². The second-order valence-corrected chi connectivity index (χ2v) is 14.6. The highest BCUT2D eigenvalue weighted by atomic mass is 28.4. The van der Waals surface area contributed by atoms with Crippen LogP contribution < -0.4 is 5.32 Å². The molecule has 1 amide bonds. The molecule has 1 aromatic rings.